The van der Waals surface area contributed by atoms with E-state index in [1.165, 1.54) is 63.7 Å². The van der Waals surface area contributed by atoms with Crippen LogP contribution in [0.4, 0.5) is 0 Å². The molecule has 0 N–H and O–H groups in total. The Balaban J connectivity index is 1.92. The minimum atomic E-state index is 1.20. The molecule has 1 heterocycles. The Kier molecular flexibility index (Phi) is 2.70. The van der Waals surface area contributed by atoms with Crippen molar-refractivity contribution in [3.05, 3.63) is 11.8 Å². The number of nitrogens with zero attached hydrogens (tertiary/aromatic N) is 1. The van der Waals surface area contributed by atoms with Gasteiger partial charge in [-0.05, 0) is 51.0 Å². The molecule has 0 spiro atoms. The fourth-order valence-corrected chi connectivity index (χ4v) is 2.17. The first kappa shape index (κ1) is 8.15. The van der Waals surface area contributed by atoms with Gasteiger partial charge >= 0.3 is 0 Å². The Labute approximate surface area is 75.4 Å². The molecule has 1 heteroatoms. The Morgan fingerprint density at radius 2 is 1.75 bits per heavy atom. The second-order valence-corrected chi connectivity index (χ2v) is 3.88. The predicted molar refractivity (Wildman–Crippen MR) is 50.6 cm³/mol. The molecule has 2 aliphatic rings. The van der Waals surface area contributed by atoms with Crippen molar-refractivity contribution in [3.63, 3.8) is 0 Å². The molecule has 12 heavy (non-hydrogen) atoms. The molecule has 1 aliphatic heterocycles. The molecule has 0 aromatic rings. The fourth-order valence-electron chi connectivity index (χ4n) is 2.17. The summed E-state index contributed by atoms with van der Waals surface area (Å²) in [6, 6.07) is 0. The monoisotopic (exact) mass is 164 g/mol. The van der Waals surface area contributed by atoms with E-state index in [0.29, 0.717) is 0 Å². The van der Waals surface area contributed by atoms with Crippen LogP contribution in [-0.4, -0.2) is 18.0 Å². The maximum atomic E-state index is 3.53. The van der Waals surface area contributed by atoms with Gasteiger partial charge in [-0.2, -0.15) is 0 Å². The third-order valence-corrected chi connectivity index (χ3v) is 2.91. The number of likely N-dealkylation sites (tertiary alicyclic amines) is 1. The number of piperidine rings is 1. The van der Waals surface area contributed by atoms with Gasteiger partial charge in [0, 0.05) is 18.8 Å². The van der Waals surface area contributed by atoms with Crippen molar-refractivity contribution in [1.82, 2.24) is 4.90 Å². The lowest BCUT2D eigenvalue weighted by atomic mass is 10.0. The van der Waals surface area contributed by atoms with Crippen LogP contribution in [0.3, 0.4) is 0 Å². The van der Waals surface area contributed by atoms with Crippen LogP contribution in [0.15, 0.2) is 5.70 Å². The van der Waals surface area contributed by atoms with Crippen LogP contribution in [0.2, 0.25) is 0 Å². The summed E-state index contributed by atoms with van der Waals surface area (Å²) in [4.78, 5) is 2.56. The lowest BCUT2D eigenvalue weighted by Crippen LogP contribution is -2.29. The van der Waals surface area contributed by atoms with Gasteiger partial charge in [-0.1, -0.05) is 0 Å². The minimum absolute atomic E-state index is 1.20. The largest absolute Gasteiger partial charge is 0.375 e. The van der Waals surface area contributed by atoms with E-state index in [-0.39, 0.29) is 0 Å². The molecule has 2 rings (SSSR count). The van der Waals surface area contributed by atoms with E-state index in [4.69, 9.17) is 0 Å². The highest BCUT2D eigenvalue weighted by atomic mass is 15.1. The van der Waals surface area contributed by atoms with Crippen molar-refractivity contribution in [2.75, 3.05) is 13.1 Å². The van der Waals surface area contributed by atoms with Crippen LogP contribution in [0.25, 0.3) is 0 Å². The zero-order chi connectivity index (χ0) is 8.23. The molecule has 1 nitrogen and oxygen atoms in total. The Morgan fingerprint density at radius 1 is 0.917 bits per heavy atom. The summed E-state index contributed by atoms with van der Waals surface area (Å²) in [6.45, 7) is 2.59. The maximum absolute atomic E-state index is 3.53. The third kappa shape index (κ3) is 1.82. The van der Waals surface area contributed by atoms with E-state index in [1.807, 2.05) is 0 Å². The summed E-state index contributed by atoms with van der Waals surface area (Å²) in [6.07, 6.45) is 13.0. The summed E-state index contributed by atoms with van der Waals surface area (Å²) in [7, 11) is 0. The molecule has 0 atom stereocenters. The van der Waals surface area contributed by atoms with Crippen molar-refractivity contribution in [3.8, 4) is 0 Å². The smallest absolute Gasteiger partial charge is 0.0175 e. The zero-order valence-corrected chi connectivity index (χ0v) is 7.81. The molecule has 1 saturated heterocycles. The lowest BCUT2D eigenvalue weighted by Gasteiger charge is -2.32. The van der Waals surface area contributed by atoms with Gasteiger partial charge in [0.25, 0.3) is 0 Å². The van der Waals surface area contributed by atoms with E-state index in [2.05, 4.69) is 11.0 Å². The van der Waals surface area contributed by atoms with Gasteiger partial charge in [0.2, 0.25) is 0 Å². The number of allylic oxidation sites excluding steroid dienone is 2. The lowest BCUT2D eigenvalue weighted by molar-refractivity contribution is 0.268. The highest BCUT2D eigenvalue weighted by Crippen LogP contribution is 2.23. The predicted octanol–water partition coefficient (Wildman–Crippen LogP) is 2.73. The molecule has 1 aliphatic carbocycles. The molecule has 0 unspecified atom stereocenters. The van der Waals surface area contributed by atoms with Gasteiger partial charge in [-0.3, -0.25) is 0 Å². The molecule has 0 saturated carbocycles. The van der Waals surface area contributed by atoms with Crippen molar-refractivity contribution in [2.45, 2.75) is 44.9 Å². The van der Waals surface area contributed by atoms with Crippen molar-refractivity contribution < 1.29 is 0 Å². The molecule has 67 valence electrons. The molecule has 1 radical (unpaired) electrons. The van der Waals surface area contributed by atoms with Crippen LogP contribution >= 0.6 is 0 Å². The molecule has 0 bridgehead atoms. The van der Waals surface area contributed by atoms with E-state index < -0.39 is 0 Å². The summed E-state index contributed by atoms with van der Waals surface area (Å²) >= 11 is 0. The van der Waals surface area contributed by atoms with Crippen molar-refractivity contribution in [2.24, 2.45) is 0 Å². The average Bonchev–Trinajstić information content (AvgIpc) is 2.21. The molecule has 0 aromatic carbocycles. The van der Waals surface area contributed by atoms with E-state index in [1.54, 1.807) is 0 Å². The van der Waals surface area contributed by atoms with Crippen LogP contribution in [0, 0.1) is 6.08 Å². The Bertz CT molecular complexity index is 166. The van der Waals surface area contributed by atoms with Crippen molar-refractivity contribution >= 4 is 0 Å². The summed E-state index contributed by atoms with van der Waals surface area (Å²) in [5.74, 6) is 0. The molecular formula is C11H18N. The van der Waals surface area contributed by atoms with E-state index in [9.17, 15) is 0 Å². The third-order valence-electron chi connectivity index (χ3n) is 2.91. The van der Waals surface area contributed by atoms with Gasteiger partial charge in [0.15, 0.2) is 0 Å². The van der Waals surface area contributed by atoms with E-state index in [0.717, 1.165) is 0 Å². The average molecular weight is 164 g/mol. The number of hydrogen-bond acceptors (Lipinski definition) is 1. The van der Waals surface area contributed by atoms with Gasteiger partial charge in [-0.15, -0.1) is 0 Å². The SMILES string of the molecule is [C]1=C(N2CCCCC2)CCCC1. The van der Waals surface area contributed by atoms with Crippen LogP contribution in [-0.2, 0) is 0 Å². The highest BCUT2D eigenvalue weighted by molar-refractivity contribution is 5.00. The molecular weight excluding hydrogens is 146 g/mol. The summed E-state index contributed by atoms with van der Waals surface area (Å²) < 4.78 is 0. The van der Waals surface area contributed by atoms with Crippen LogP contribution in [0.5, 0.6) is 0 Å². The summed E-state index contributed by atoms with van der Waals surface area (Å²) in [5, 5.41) is 0. The number of rotatable bonds is 1. The van der Waals surface area contributed by atoms with Gasteiger partial charge in [0.05, 0.1) is 0 Å². The topological polar surface area (TPSA) is 3.24 Å². The maximum Gasteiger partial charge on any atom is 0.0175 e. The molecule has 0 aromatic heterocycles. The van der Waals surface area contributed by atoms with Crippen LogP contribution in [0.1, 0.15) is 44.9 Å². The first-order valence-corrected chi connectivity index (χ1v) is 5.31. The van der Waals surface area contributed by atoms with Gasteiger partial charge < -0.3 is 4.90 Å². The van der Waals surface area contributed by atoms with Crippen LogP contribution < -0.4 is 0 Å². The van der Waals surface area contributed by atoms with E-state index >= 15 is 0 Å². The van der Waals surface area contributed by atoms with Crippen molar-refractivity contribution in [1.29, 1.82) is 0 Å². The van der Waals surface area contributed by atoms with Gasteiger partial charge in [0.1, 0.15) is 0 Å². The van der Waals surface area contributed by atoms with Gasteiger partial charge in [-0.25, -0.2) is 0 Å². The highest BCUT2D eigenvalue weighted by Gasteiger charge is 2.14. The second kappa shape index (κ2) is 3.97. The standard InChI is InChI=1S/C11H18N/c1-3-7-11(8-4-1)12-9-5-2-6-10-12/h1-7,9-10H2. The fraction of sp³-hybridized carbons (Fsp3) is 0.818. The quantitative estimate of drug-likeness (QED) is 0.576. The normalized spacial score (nSPS) is 25.3. The zero-order valence-electron chi connectivity index (χ0n) is 7.81. The second-order valence-electron chi connectivity index (χ2n) is 3.88. The molecule has 1 fully saturated rings. The Morgan fingerprint density at radius 3 is 2.42 bits per heavy atom. The number of hydrogen-bond donors (Lipinski definition) is 0. The first-order chi connectivity index (χ1) is 5.97. The minimum Gasteiger partial charge on any atom is -0.375 e. The first-order valence-electron chi connectivity index (χ1n) is 5.31. The summed E-state index contributed by atoms with van der Waals surface area (Å²) in [5.41, 5.74) is 1.53. The molecule has 0 amide bonds. The Hall–Kier alpha value is -0.460.